The van der Waals surface area contributed by atoms with Crippen LogP contribution in [0.5, 0.6) is 0 Å². The first kappa shape index (κ1) is 18.7. The standard InChI is InChI=1S/C23H17ClN2O5/c1-10(27)11-4-8-14(9-5-11)26-22(28)15-16(23(26)29)20-21-17(19(15)30-20)18(25-31-21)12-2-6-13(24)7-3-12/h2-9,15-17,19-21H,1H3. The fraction of sp³-hybridized carbons (Fsp3) is 0.304. The fourth-order valence-corrected chi connectivity index (χ4v) is 5.44. The van der Waals surface area contributed by atoms with Crippen molar-refractivity contribution in [2.45, 2.75) is 25.2 Å². The Balaban J connectivity index is 1.32. The normalized spacial score (nSPS) is 32.7. The van der Waals surface area contributed by atoms with E-state index in [9.17, 15) is 14.4 Å². The number of ether oxygens (including phenoxy) is 1. The molecule has 3 fully saturated rings. The van der Waals surface area contributed by atoms with Crippen LogP contribution in [0.2, 0.25) is 5.02 Å². The van der Waals surface area contributed by atoms with E-state index in [0.717, 1.165) is 11.3 Å². The highest BCUT2D eigenvalue weighted by atomic mass is 35.5. The van der Waals surface area contributed by atoms with Gasteiger partial charge in [-0.25, -0.2) is 4.90 Å². The molecule has 0 aromatic heterocycles. The summed E-state index contributed by atoms with van der Waals surface area (Å²) in [6.07, 6.45) is -1.39. The van der Waals surface area contributed by atoms with Gasteiger partial charge >= 0.3 is 0 Å². The molecule has 3 saturated heterocycles. The summed E-state index contributed by atoms with van der Waals surface area (Å²) >= 11 is 6.00. The molecule has 2 bridgehead atoms. The Bertz CT molecular complexity index is 1160. The highest BCUT2D eigenvalue weighted by Crippen LogP contribution is 2.55. The second-order valence-corrected chi connectivity index (χ2v) is 8.75. The first-order valence-electron chi connectivity index (χ1n) is 10.1. The largest absolute Gasteiger partial charge is 0.389 e. The molecule has 4 heterocycles. The predicted octanol–water partition coefficient (Wildman–Crippen LogP) is 2.85. The fourth-order valence-electron chi connectivity index (χ4n) is 5.32. The van der Waals surface area contributed by atoms with Gasteiger partial charge in [-0.05, 0) is 48.9 Å². The maximum absolute atomic E-state index is 13.3. The molecular formula is C23H17ClN2O5. The average molecular weight is 437 g/mol. The third kappa shape index (κ3) is 2.50. The van der Waals surface area contributed by atoms with Gasteiger partial charge in [0, 0.05) is 10.6 Å². The van der Waals surface area contributed by atoms with Crippen LogP contribution in [-0.4, -0.2) is 41.6 Å². The van der Waals surface area contributed by atoms with Crippen LogP contribution in [-0.2, 0) is 19.2 Å². The number of amides is 2. The molecule has 0 saturated carbocycles. The minimum atomic E-state index is -0.592. The Morgan fingerprint density at radius 3 is 2.19 bits per heavy atom. The Morgan fingerprint density at radius 2 is 1.55 bits per heavy atom. The summed E-state index contributed by atoms with van der Waals surface area (Å²) in [5, 5.41) is 4.88. The lowest BCUT2D eigenvalue weighted by atomic mass is 9.71. The van der Waals surface area contributed by atoms with Gasteiger partial charge in [0.2, 0.25) is 11.8 Å². The van der Waals surface area contributed by atoms with Crippen molar-refractivity contribution in [1.82, 2.24) is 0 Å². The number of halogens is 1. The summed E-state index contributed by atoms with van der Waals surface area (Å²) in [6, 6.07) is 13.8. The number of Topliss-reactive ketones (excluding diaryl/α,β-unsaturated/α-hetero) is 1. The molecule has 0 spiro atoms. The summed E-state index contributed by atoms with van der Waals surface area (Å²) in [4.78, 5) is 45.0. The second kappa shape index (κ2) is 6.48. The number of hydrogen-bond acceptors (Lipinski definition) is 6. The molecule has 6 rings (SSSR count). The lowest BCUT2D eigenvalue weighted by molar-refractivity contribution is -0.125. The van der Waals surface area contributed by atoms with Gasteiger partial charge in [0.1, 0.15) is 6.10 Å². The Hall–Kier alpha value is -3.03. The molecule has 2 aromatic carbocycles. The predicted molar refractivity (Wildman–Crippen MR) is 111 cm³/mol. The molecular weight excluding hydrogens is 420 g/mol. The monoisotopic (exact) mass is 436 g/mol. The Morgan fingerprint density at radius 1 is 0.903 bits per heavy atom. The summed E-state index contributed by atoms with van der Waals surface area (Å²) in [5.74, 6) is -2.03. The molecule has 156 valence electrons. The highest BCUT2D eigenvalue weighted by molar-refractivity contribution is 6.30. The quantitative estimate of drug-likeness (QED) is 0.545. The van der Waals surface area contributed by atoms with Crippen LogP contribution >= 0.6 is 11.6 Å². The molecule has 4 aliphatic heterocycles. The van der Waals surface area contributed by atoms with Gasteiger partial charge in [0.15, 0.2) is 11.9 Å². The number of fused-ring (bicyclic) bond motifs is 8. The van der Waals surface area contributed by atoms with Gasteiger partial charge in [0.05, 0.1) is 35.3 Å². The van der Waals surface area contributed by atoms with E-state index in [0.29, 0.717) is 16.3 Å². The lowest BCUT2D eigenvalue weighted by Crippen LogP contribution is -2.45. The second-order valence-electron chi connectivity index (χ2n) is 8.31. The maximum atomic E-state index is 13.3. The zero-order valence-electron chi connectivity index (χ0n) is 16.4. The number of rotatable bonds is 3. The van der Waals surface area contributed by atoms with Crippen molar-refractivity contribution in [1.29, 1.82) is 0 Å². The summed E-state index contributed by atoms with van der Waals surface area (Å²) in [6.45, 7) is 1.47. The molecule has 6 unspecified atom stereocenters. The first-order valence-corrected chi connectivity index (χ1v) is 10.5. The van der Waals surface area contributed by atoms with Crippen molar-refractivity contribution in [3.05, 3.63) is 64.7 Å². The molecule has 8 heteroatoms. The van der Waals surface area contributed by atoms with Crippen LogP contribution < -0.4 is 4.90 Å². The Labute approximate surface area is 182 Å². The number of anilines is 1. The van der Waals surface area contributed by atoms with Gasteiger partial charge in [-0.15, -0.1) is 0 Å². The molecule has 4 aliphatic rings. The smallest absolute Gasteiger partial charge is 0.240 e. The zero-order valence-corrected chi connectivity index (χ0v) is 17.2. The number of carbonyl (C=O) groups excluding carboxylic acids is 3. The molecule has 2 amide bonds. The van der Waals surface area contributed by atoms with Crippen LogP contribution in [0.1, 0.15) is 22.8 Å². The van der Waals surface area contributed by atoms with Crippen molar-refractivity contribution >= 4 is 40.6 Å². The van der Waals surface area contributed by atoms with Crippen LogP contribution in [0.4, 0.5) is 5.69 Å². The summed E-state index contributed by atoms with van der Waals surface area (Å²) < 4.78 is 6.11. The third-order valence-corrected chi connectivity index (χ3v) is 6.96. The van der Waals surface area contributed by atoms with Crippen molar-refractivity contribution < 1.29 is 24.0 Å². The number of ketones is 1. The van der Waals surface area contributed by atoms with Crippen LogP contribution in [0.25, 0.3) is 0 Å². The lowest BCUT2D eigenvalue weighted by Gasteiger charge is -2.26. The number of imide groups is 1. The molecule has 0 aliphatic carbocycles. The molecule has 31 heavy (non-hydrogen) atoms. The van der Waals surface area contributed by atoms with Crippen molar-refractivity contribution in [2.75, 3.05) is 4.90 Å². The van der Waals surface area contributed by atoms with Crippen molar-refractivity contribution in [3.8, 4) is 0 Å². The van der Waals surface area contributed by atoms with Gasteiger partial charge in [0.25, 0.3) is 0 Å². The number of hydrogen-bond donors (Lipinski definition) is 0. The zero-order chi connectivity index (χ0) is 21.4. The molecule has 0 N–H and O–H groups in total. The summed E-state index contributed by atoms with van der Waals surface area (Å²) in [7, 11) is 0. The topological polar surface area (TPSA) is 85.3 Å². The van der Waals surface area contributed by atoms with Gasteiger partial charge in [-0.3, -0.25) is 14.4 Å². The Kier molecular flexibility index (Phi) is 3.91. The van der Waals surface area contributed by atoms with E-state index in [1.165, 1.54) is 11.8 Å². The van der Waals surface area contributed by atoms with Gasteiger partial charge < -0.3 is 9.57 Å². The number of oxime groups is 1. The summed E-state index contributed by atoms with van der Waals surface area (Å²) in [5.41, 5.74) is 2.57. The average Bonchev–Trinajstić information content (AvgIpc) is 3.49. The number of nitrogens with zero attached hydrogens (tertiary/aromatic N) is 2. The van der Waals surface area contributed by atoms with Crippen LogP contribution in [0.3, 0.4) is 0 Å². The molecule has 0 radical (unpaired) electrons. The van der Waals surface area contributed by atoms with Gasteiger partial charge in [-0.2, -0.15) is 0 Å². The van der Waals surface area contributed by atoms with E-state index in [-0.39, 0.29) is 23.5 Å². The highest BCUT2D eigenvalue weighted by Gasteiger charge is 2.72. The number of benzene rings is 2. The van der Waals surface area contributed by atoms with E-state index >= 15 is 0 Å². The SMILES string of the molecule is CC(=O)c1ccc(N2C(=O)C3C4OC(C5C(c6ccc(Cl)cc6)=NOC45)C3C2=O)cc1. The molecule has 2 aromatic rings. The van der Waals surface area contributed by atoms with Gasteiger partial charge in [-0.1, -0.05) is 28.9 Å². The first-order chi connectivity index (χ1) is 15.0. The van der Waals surface area contributed by atoms with Crippen LogP contribution in [0, 0.1) is 17.8 Å². The van der Waals surface area contributed by atoms with E-state index < -0.39 is 30.1 Å². The number of carbonyl (C=O) groups is 3. The van der Waals surface area contributed by atoms with E-state index in [2.05, 4.69) is 5.16 Å². The van der Waals surface area contributed by atoms with E-state index in [1.807, 2.05) is 12.1 Å². The maximum Gasteiger partial charge on any atom is 0.240 e. The van der Waals surface area contributed by atoms with E-state index in [1.54, 1.807) is 36.4 Å². The minimum absolute atomic E-state index is 0.0760. The van der Waals surface area contributed by atoms with Crippen molar-refractivity contribution in [3.63, 3.8) is 0 Å². The minimum Gasteiger partial charge on any atom is -0.389 e. The third-order valence-electron chi connectivity index (χ3n) is 6.71. The van der Waals surface area contributed by atoms with Crippen molar-refractivity contribution in [2.24, 2.45) is 22.9 Å². The molecule has 6 atom stereocenters. The van der Waals surface area contributed by atoms with E-state index in [4.69, 9.17) is 21.2 Å². The van der Waals surface area contributed by atoms with Crippen LogP contribution in [0.15, 0.2) is 53.7 Å². The molecule has 7 nitrogen and oxygen atoms in total.